The number of hydrazone groups is 1. The number of fused-ring (bicyclic) bond motifs is 1. The Kier molecular flexibility index (Phi) is 6.55. The lowest BCUT2D eigenvalue weighted by atomic mass is 9.79. The molecule has 1 aromatic rings. The predicted octanol–water partition coefficient (Wildman–Crippen LogP) is 3.37. The predicted molar refractivity (Wildman–Crippen MR) is 111 cm³/mol. The molecular weight excluding hydrogens is 386 g/mol. The highest BCUT2D eigenvalue weighted by molar-refractivity contribution is 6.21. The van der Waals surface area contributed by atoms with E-state index in [0.29, 0.717) is 23.3 Å². The number of nitrogens with zero attached hydrogens (tertiary/aromatic N) is 2. The van der Waals surface area contributed by atoms with Gasteiger partial charge in [0.15, 0.2) is 0 Å². The molecule has 0 spiro atoms. The Balaban J connectivity index is 2.02. The number of cyclic esters (lactones) is 1. The number of ether oxygens (including phenoxy) is 2. The van der Waals surface area contributed by atoms with Crippen LogP contribution in [0.15, 0.2) is 29.4 Å². The number of carbonyl (C=O) groups is 3. The van der Waals surface area contributed by atoms with Crippen molar-refractivity contribution in [1.82, 2.24) is 10.3 Å². The Labute approximate surface area is 176 Å². The monoisotopic (exact) mass is 415 g/mol. The minimum Gasteiger partial charge on any atom is -0.449 e. The van der Waals surface area contributed by atoms with E-state index >= 15 is 0 Å². The zero-order valence-electron chi connectivity index (χ0n) is 17.9. The number of benzene rings is 1. The third kappa shape index (κ3) is 4.23. The highest BCUT2D eigenvalue weighted by Crippen LogP contribution is 2.30. The lowest BCUT2D eigenvalue weighted by Gasteiger charge is -2.40. The van der Waals surface area contributed by atoms with Crippen LogP contribution < -0.4 is 5.32 Å². The molecule has 2 aliphatic rings. The molecule has 1 fully saturated rings. The van der Waals surface area contributed by atoms with E-state index in [1.54, 1.807) is 31.4 Å². The molecule has 30 heavy (non-hydrogen) atoms. The third-order valence-corrected chi connectivity index (χ3v) is 5.59. The fraction of sp³-hybridized carbons (Fsp3) is 0.545. The van der Waals surface area contributed by atoms with Crippen LogP contribution in [0.25, 0.3) is 0 Å². The van der Waals surface area contributed by atoms with Gasteiger partial charge < -0.3 is 14.8 Å². The van der Waals surface area contributed by atoms with Crippen molar-refractivity contribution in [2.75, 3.05) is 13.7 Å². The van der Waals surface area contributed by atoms with Crippen molar-refractivity contribution in [2.24, 2.45) is 10.5 Å². The van der Waals surface area contributed by atoms with Gasteiger partial charge in [-0.1, -0.05) is 52.2 Å². The van der Waals surface area contributed by atoms with Crippen molar-refractivity contribution >= 4 is 23.6 Å². The molecule has 1 aromatic carbocycles. The van der Waals surface area contributed by atoms with Crippen molar-refractivity contribution in [2.45, 2.75) is 58.6 Å². The quantitative estimate of drug-likeness (QED) is 0.399. The Hall–Kier alpha value is -2.74. The van der Waals surface area contributed by atoms with Crippen LogP contribution in [0.3, 0.4) is 0 Å². The van der Waals surface area contributed by atoms with Crippen molar-refractivity contribution in [3.05, 3.63) is 35.4 Å². The van der Waals surface area contributed by atoms with E-state index in [4.69, 9.17) is 9.47 Å². The summed E-state index contributed by atoms with van der Waals surface area (Å²) >= 11 is 0. The number of hydrogen-bond acceptors (Lipinski definition) is 6. The van der Waals surface area contributed by atoms with Crippen LogP contribution in [-0.2, 0) is 9.47 Å². The zero-order chi connectivity index (χ0) is 21.9. The van der Waals surface area contributed by atoms with E-state index in [-0.39, 0.29) is 6.61 Å². The van der Waals surface area contributed by atoms with Crippen molar-refractivity contribution in [3.63, 3.8) is 0 Å². The minimum atomic E-state index is -0.558. The van der Waals surface area contributed by atoms with Crippen LogP contribution in [0.4, 0.5) is 4.79 Å². The molecule has 8 nitrogen and oxygen atoms in total. The maximum Gasteiger partial charge on any atom is 0.407 e. The van der Waals surface area contributed by atoms with Crippen LogP contribution in [0.5, 0.6) is 0 Å². The second kappa shape index (κ2) is 8.95. The van der Waals surface area contributed by atoms with Crippen LogP contribution in [-0.4, -0.2) is 54.5 Å². The van der Waals surface area contributed by atoms with E-state index < -0.39 is 35.5 Å². The average Bonchev–Trinajstić information content (AvgIpc) is 2.97. The summed E-state index contributed by atoms with van der Waals surface area (Å²) in [5.41, 5.74) is 0.582. The highest BCUT2D eigenvalue weighted by Gasteiger charge is 2.44. The molecular formula is C22H29N3O5. The van der Waals surface area contributed by atoms with E-state index in [2.05, 4.69) is 17.3 Å². The molecule has 0 aromatic heterocycles. The van der Waals surface area contributed by atoms with E-state index in [0.717, 1.165) is 24.3 Å². The van der Waals surface area contributed by atoms with Crippen molar-refractivity contribution < 1.29 is 23.9 Å². The lowest BCUT2D eigenvalue weighted by molar-refractivity contribution is 0.0495. The van der Waals surface area contributed by atoms with Gasteiger partial charge in [-0.25, -0.2) is 4.79 Å². The van der Waals surface area contributed by atoms with Gasteiger partial charge in [0.25, 0.3) is 11.8 Å². The number of hydrogen-bond donors (Lipinski definition) is 1. The van der Waals surface area contributed by atoms with Crippen LogP contribution in [0, 0.1) is 5.41 Å². The Morgan fingerprint density at radius 1 is 1.23 bits per heavy atom. The molecule has 2 heterocycles. The summed E-state index contributed by atoms with van der Waals surface area (Å²) in [5, 5.41) is 8.22. The SMILES string of the molecule is CCCCC[C@@H](OC)/C(=N\N1C(=O)c2ccccc2C1=O)[C@@H]1NC(=O)OCC1(C)C. The average molecular weight is 415 g/mol. The molecule has 0 aliphatic carbocycles. The van der Waals surface area contributed by atoms with Crippen molar-refractivity contribution in [3.8, 4) is 0 Å². The molecule has 8 heteroatoms. The smallest absolute Gasteiger partial charge is 0.407 e. The Morgan fingerprint density at radius 3 is 2.43 bits per heavy atom. The second-order valence-electron chi connectivity index (χ2n) is 8.35. The first kappa shape index (κ1) is 22.0. The molecule has 1 saturated heterocycles. The number of nitrogens with one attached hydrogen (secondary N) is 1. The Morgan fingerprint density at radius 2 is 1.87 bits per heavy atom. The molecule has 2 atom stereocenters. The van der Waals surface area contributed by atoms with Crippen LogP contribution in [0.2, 0.25) is 0 Å². The van der Waals surface area contributed by atoms with Crippen LogP contribution >= 0.6 is 0 Å². The van der Waals surface area contributed by atoms with Gasteiger partial charge in [0.05, 0.1) is 29.0 Å². The summed E-state index contributed by atoms with van der Waals surface area (Å²) in [4.78, 5) is 37.7. The number of imide groups is 1. The molecule has 0 unspecified atom stereocenters. The van der Waals surface area contributed by atoms with Gasteiger partial charge in [-0.2, -0.15) is 10.1 Å². The first-order valence-corrected chi connectivity index (χ1v) is 10.3. The van der Waals surface area contributed by atoms with Crippen LogP contribution in [0.1, 0.15) is 67.2 Å². The first-order valence-electron chi connectivity index (χ1n) is 10.3. The summed E-state index contributed by atoms with van der Waals surface area (Å²) in [6.45, 7) is 6.18. The standard InChI is InChI=1S/C22H29N3O5/c1-5-6-7-12-16(29-4)17(18-22(2,3)13-30-21(28)23-18)24-25-19(26)14-10-8-9-11-15(14)20(25)27/h8-11,16,18H,5-7,12-13H2,1-4H3,(H,23,28)/b24-17+/t16-,18+/m1/s1. The van der Waals surface area contributed by atoms with Gasteiger partial charge in [0, 0.05) is 12.5 Å². The molecule has 0 saturated carbocycles. The molecule has 3 amide bonds. The fourth-order valence-electron chi connectivity index (χ4n) is 3.82. The summed E-state index contributed by atoms with van der Waals surface area (Å²) in [5.74, 6) is -0.958. The molecule has 0 bridgehead atoms. The topological polar surface area (TPSA) is 97.3 Å². The van der Waals surface area contributed by atoms with Gasteiger partial charge in [-0.15, -0.1) is 0 Å². The number of alkyl carbamates (subject to hydrolysis) is 1. The number of methoxy groups -OCH3 is 1. The largest absolute Gasteiger partial charge is 0.449 e. The highest BCUT2D eigenvalue weighted by atomic mass is 16.6. The minimum absolute atomic E-state index is 0.191. The summed E-state index contributed by atoms with van der Waals surface area (Å²) in [6.07, 6.45) is 2.61. The van der Waals surface area contributed by atoms with Gasteiger partial charge in [-0.3, -0.25) is 9.59 Å². The first-order chi connectivity index (χ1) is 14.3. The molecule has 2 aliphatic heterocycles. The molecule has 3 rings (SSSR count). The van der Waals surface area contributed by atoms with Crippen molar-refractivity contribution in [1.29, 1.82) is 0 Å². The fourth-order valence-corrected chi connectivity index (χ4v) is 3.82. The third-order valence-electron chi connectivity index (χ3n) is 5.59. The summed E-state index contributed by atoms with van der Waals surface area (Å²) in [7, 11) is 1.57. The maximum absolute atomic E-state index is 12.9. The lowest BCUT2D eigenvalue weighted by Crippen LogP contribution is -2.59. The van der Waals surface area contributed by atoms with Gasteiger partial charge in [0.2, 0.25) is 0 Å². The number of carbonyl (C=O) groups excluding carboxylic acids is 3. The van der Waals surface area contributed by atoms with E-state index in [9.17, 15) is 14.4 Å². The summed E-state index contributed by atoms with van der Waals surface area (Å²) < 4.78 is 10.9. The van der Waals surface area contributed by atoms with Gasteiger partial charge in [-0.05, 0) is 18.6 Å². The van der Waals surface area contributed by atoms with Gasteiger partial charge >= 0.3 is 6.09 Å². The molecule has 0 radical (unpaired) electrons. The molecule has 162 valence electrons. The molecule has 1 N–H and O–H groups in total. The number of rotatable bonds is 8. The normalized spacial score (nSPS) is 21.9. The van der Waals surface area contributed by atoms with Gasteiger partial charge in [0.1, 0.15) is 6.61 Å². The second-order valence-corrected chi connectivity index (χ2v) is 8.35. The zero-order valence-corrected chi connectivity index (χ0v) is 17.9. The maximum atomic E-state index is 12.9. The summed E-state index contributed by atoms with van der Waals surface area (Å²) in [6, 6.07) is 6.10. The van der Waals surface area contributed by atoms with E-state index in [1.807, 2.05) is 13.8 Å². The number of amides is 3. The number of unbranched alkanes of at least 4 members (excludes halogenated alkanes) is 2. The van der Waals surface area contributed by atoms with E-state index in [1.165, 1.54) is 0 Å². The Bertz CT molecular complexity index is 829.